The van der Waals surface area contributed by atoms with Gasteiger partial charge in [0.25, 0.3) is 5.91 Å². The van der Waals surface area contributed by atoms with E-state index in [-0.39, 0.29) is 24.0 Å². The van der Waals surface area contributed by atoms with E-state index in [9.17, 15) is 9.90 Å². The summed E-state index contributed by atoms with van der Waals surface area (Å²) in [6, 6.07) is 7.92. The highest BCUT2D eigenvalue weighted by Gasteiger charge is 2.39. The van der Waals surface area contributed by atoms with Crippen molar-refractivity contribution in [2.45, 2.75) is 38.8 Å². The minimum absolute atomic E-state index is 0.0367. The maximum absolute atomic E-state index is 12.6. The lowest BCUT2D eigenvalue weighted by atomic mass is 9.85. The number of hydrogen-bond acceptors (Lipinski definition) is 4. The summed E-state index contributed by atoms with van der Waals surface area (Å²) in [7, 11) is 0. The fraction of sp³-hybridized carbons (Fsp3) is 0.632. The molecule has 1 aliphatic heterocycles. The van der Waals surface area contributed by atoms with Gasteiger partial charge in [-0.25, -0.2) is 0 Å². The van der Waals surface area contributed by atoms with Gasteiger partial charge in [-0.1, -0.05) is 25.5 Å². The largest absolute Gasteiger partial charge is 0.396 e. The first kappa shape index (κ1) is 17.4. The molecular formula is C19H28N2O3. The number of rotatable bonds is 5. The first-order chi connectivity index (χ1) is 11.6. The number of nitrogens with one attached hydrogen (secondary N) is 1. The predicted molar refractivity (Wildman–Crippen MR) is 92.8 cm³/mol. The Kier molecular flexibility index (Phi) is 5.54. The molecule has 1 saturated heterocycles. The highest BCUT2D eigenvalue weighted by atomic mass is 16.5. The third kappa shape index (κ3) is 3.97. The fourth-order valence-electron chi connectivity index (χ4n) is 3.74. The van der Waals surface area contributed by atoms with Gasteiger partial charge in [-0.2, -0.15) is 0 Å². The molecule has 2 N–H and O–H groups in total. The molecule has 0 radical (unpaired) electrons. The van der Waals surface area contributed by atoms with Crippen molar-refractivity contribution in [2.24, 2.45) is 5.41 Å². The topological polar surface area (TPSA) is 61.8 Å². The van der Waals surface area contributed by atoms with Crippen molar-refractivity contribution in [1.29, 1.82) is 0 Å². The van der Waals surface area contributed by atoms with E-state index in [2.05, 4.69) is 23.2 Å². The van der Waals surface area contributed by atoms with Gasteiger partial charge in [0.15, 0.2) is 0 Å². The van der Waals surface area contributed by atoms with Gasteiger partial charge in [-0.3, -0.25) is 9.69 Å². The van der Waals surface area contributed by atoms with Crippen LogP contribution >= 0.6 is 0 Å². The number of ether oxygens (including phenoxy) is 1. The molecule has 24 heavy (non-hydrogen) atoms. The molecular weight excluding hydrogens is 304 g/mol. The van der Waals surface area contributed by atoms with Gasteiger partial charge >= 0.3 is 0 Å². The number of aliphatic hydroxyl groups is 1. The minimum atomic E-state index is -0.193. The number of morpholine rings is 1. The lowest BCUT2D eigenvalue weighted by molar-refractivity contribution is 0.0342. The molecule has 1 aliphatic carbocycles. The molecule has 132 valence electrons. The summed E-state index contributed by atoms with van der Waals surface area (Å²) in [5, 5.41) is 12.8. The zero-order valence-corrected chi connectivity index (χ0v) is 14.5. The molecule has 1 aromatic rings. The van der Waals surface area contributed by atoms with E-state index in [1.807, 2.05) is 18.2 Å². The first-order valence-corrected chi connectivity index (χ1v) is 8.91. The average Bonchev–Trinajstić information content (AvgIpc) is 2.97. The molecule has 5 heteroatoms. The zero-order chi connectivity index (χ0) is 17.0. The van der Waals surface area contributed by atoms with Crippen LogP contribution in [0.4, 0.5) is 0 Å². The van der Waals surface area contributed by atoms with E-state index in [4.69, 9.17) is 4.74 Å². The molecule has 5 nitrogen and oxygen atoms in total. The maximum Gasteiger partial charge on any atom is 0.251 e. The van der Waals surface area contributed by atoms with Crippen molar-refractivity contribution in [1.82, 2.24) is 10.2 Å². The van der Waals surface area contributed by atoms with Crippen LogP contribution in [0.1, 0.15) is 42.1 Å². The Morgan fingerprint density at radius 3 is 2.96 bits per heavy atom. The van der Waals surface area contributed by atoms with E-state index >= 15 is 0 Å². The number of carbonyl (C=O) groups is 1. The number of nitrogens with zero attached hydrogens (tertiary/aromatic N) is 1. The molecule has 1 amide bonds. The second-order valence-electron chi connectivity index (χ2n) is 7.32. The second-order valence-corrected chi connectivity index (χ2v) is 7.32. The van der Waals surface area contributed by atoms with Gasteiger partial charge in [0, 0.05) is 36.7 Å². The van der Waals surface area contributed by atoms with Gasteiger partial charge in [0.2, 0.25) is 0 Å². The van der Waals surface area contributed by atoms with Crippen molar-refractivity contribution < 1.29 is 14.6 Å². The van der Waals surface area contributed by atoms with Crippen LogP contribution in [0.5, 0.6) is 0 Å². The SMILES string of the molecule is CC1(CO)CCCC1NC(=O)c1cccc(CN2CCOCC2)c1. The highest BCUT2D eigenvalue weighted by Crippen LogP contribution is 2.37. The molecule has 1 heterocycles. The smallest absolute Gasteiger partial charge is 0.251 e. The number of carbonyl (C=O) groups excluding carboxylic acids is 1. The second kappa shape index (κ2) is 7.64. The molecule has 2 unspecified atom stereocenters. The Balaban J connectivity index is 1.63. The number of hydrogen-bond donors (Lipinski definition) is 2. The maximum atomic E-state index is 12.6. The predicted octanol–water partition coefficient (Wildman–Crippen LogP) is 1.80. The van der Waals surface area contributed by atoms with E-state index in [0.717, 1.165) is 57.7 Å². The van der Waals surface area contributed by atoms with Crippen LogP contribution in [-0.2, 0) is 11.3 Å². The van der Waals surface area contributed by atoms with Gasteiger partial charge in [0.1, 0.15) is 0 Å². The van der Waals surface area contributed by atoms with Crippen molar-refractivity contribution in [2.75, 3.05) is 32.9 Å². The summed E-state index contributed by atoms with van der Waals surface area (Å²) in [6.45, 7) is 6.46. The summed E-state index contributed by atoms with van der Waals surface area (Å²) in [4.78, 5) is 15.0. The third-order valence-corrected chi connectivity index (χ3v) is 5.45. The van der Waals surface area contributed by atoms with E-state index < -0.39 is 0 Å². The Morgan fingerprint density at radius 1 is 1.42 bits per heavy atom. The fourth-order valence-corrected chi connectivity index (χ4v) is 3.74. The van der Waals surface area contributed by atoms with Crippen LogP contribution < -0.4 is 5.32 Å². The lowest BCUT2D eigenvalue weighted by Crippen LogP contribution is -2.44. The number of amides is 1. The number of aliphatic hydroxyl groups excluding tert-OH is 1. The lowest BCUT2D eigenvalue weighted by Gasteiger charge is -2.30. The van der Waals surface area contributed by atoms with Crippen LogP contribution in [0.2, 0.25) is 0 Å². The Bertz CT molecular complexity index is 571. The molecule has 0 aromatic heterocycles. The molecule has 2 atom stereocenters. The summed E-state index contributed by atoms with van der Waals surface area (Å²) < 4.78 is 5.38. The van der Waals surface area contributed by atoms with Crippen LogP contribution in [0, 0.1) is 5.41 Å². The first-order valence-electron chi connectivity index (χ1n) is 8.91. The molecule has 2 fully saturated rings. The summed E-state index contributed by atoms with van der Waals surface area (Å²) >= 11 is 0. The van der Waals surface area contributed by atoms with Crippen LogP contribution in [0.25, 0.3) is 0 Å². The van der Waals surface area contributed by atoms with Gasteiger partial charge < -0.3 is 15.2 Å². The molecule has 1 aromatic carbocycles. The van der Waals surface area contributed by atoms with E-state index in [1.54, 1.807) is 0 Å². The van der Waals surface area contributed by atoms with Crippen LogP contribution in [0.15, 0.2) is 24.3 Å². The molecule has 1 saturated carbocycles. The molecule has 2 aliphatic rings. The third-order valence-electron chi connectivity index (χ3n) is 5.45. The van der Waals surface area contributed by atoms with E-state index in [1.165, 1.54) is 0 Å². The highest BCUT2D eigenvalue weighted by molar-refractivity contribution is 5.94. The van der Waals surface area contributed by atoms with Gasteiger partial charge in [-0.15, -0.1) is 0 Å². The summed E-state index contributed by atoms with van der Waals surface area (Å²) in [5.41, 5.74) is 1.66. The average molecular weight is 332 g/mol. The van der Waals surface area contributed by atoms with Crippen molar-refractivity contribution >= 4 is 5.91 Å². The van der Waals surface area contributed by atoms with Gasteiger partial charge in [-0.05, 0) is 30.5 Å². The number of benzene rings is 1. The zero-order valence-electron chi connectivity index (χ0n) is 14.5. The Labute approximate surface area is 144 Å². The normalized spacial score (nSPS) is 28.0. The van der Waals surface area contributed by atoms with Crippen LogP contribution in [-0.4, -0.2) is 54.9 Å². The van der Waals surface area contributed by atoms with Crippen molar-refractivity contribution in [3.63, 3.8) is 0 Å². The van der Waals surface area contributed by atoms with Crippen molar-refractivity contribution in [3.05, 3.63) is 35.4 Å². The van der Waals surface area contributed by atoms with Gasteiger partial charge in [0.05, 0.1) is 19.8 Å². The Hall–Kier alpha value is -1.43. The standard InChI is InChI=1S/C19H28N2O3/c1-19(14-22)7-3-6-17(19)20-18(23)16-5-2-4-15(12-16)13-21-8-10-24-11-9-21/h2,4-5,12,17,22H,3,6-11,13-14H2,1H3,(H,20,23). The van der Waals surface area contributed by atoms with E-state index in [0.29, 0.717) is 5.56 Å². The summed E-state index contributed by atoms with van der Waals surface area (Å²) in [5.74, 6) is -0.0367. The monoisotopic (exact) mass is 332 g/mol. The molecule has 3 rings (SSSR count). The van der Waals surface area contributed by atoms with Crippen LogP contribution in [0.3, 0.4) is 0 Å². The van der Waals surface area contributed by atoms with Crippen molar-refractivity contribution in [3.8, 4) is 0 Å². The quantitative estimate of drug-likeness (QED) is 0.863. The minimum Gasteiger partial charge on any atom is -0.396 e. The molecule has 0 spiro atoms. The molecule has 0 bridgehead atoms. The summed E-state index contributed by atoms with van der Waals surface area (Å²) in [6.07, 6.45) is 2.96. The Morgan fingerprint density at radius 2 is 2.21 bits per heavy atom.